The topological polar surface area (TPSA) is 69.9 Å². The summed E-state index contributed by atoms with van der Waals surface area (Å²) in [5.41, 5.74) is 8.03. The third kappa shape index (κ3) is 1.70. The van der Waals surface area contributed by atoms with Crippen LogP contribution in [-0.2, 0) is 6.54 Å². The van der Waals surface area contributed by atoms with E-state index in [1.54, 1.807) is 10.9 Å². The molecule has 15 heavy (non-hydrogen) atoms. The van der Waals surface area contributed by atoms with E-state index < -0.39 is 0 Å². The van der Waals surface area contributed by atoms with Gasteiger partial charge in [0.25, 0.3) is 0 Å². The van der Waals surface area contributed by atoms with Gasteiger partial charge < -0.3 is 10.2 Å². The fourth-order valence-electron chi connectivity index (χ4n) is 1.30. The maximum absolute atomic E-state index is 5.45. The molecule has 0 amide bonds. The first kappa shape index (κ1) is 10.4. The van der Waals surface area contributed by atoms with Crippen molar-refractivity contribution in [3.63, 3.8) is 0 Å². The van der Waals surface area contributed by atoms with Crippen molar-refractivity contribution in [2.24, 2.45) is 5.73 Å². The summed E-state index contributed by atoms with van der Waals surface area (Å²) in [7, 11) is 0. The van der Waals surface area contributed by atoms with E-state index in [0.29, 0.717) is 18.3 Å². The average Bonchev–Trinajstić information content (AvgIpc) is 2.79. The average molecular weight is 271 g/mol. The molecule has 0 aliphatic rings. The normalized spacial score (nSPS) is 10.9. The van der Waals surface area contributed by atoms with Crippen LogP contribution < -0.4 is 5.73 Å². The maximum Gasteiger partial charge on any atom is 0.323 e. The van der Waals surface area contributed by atoms with Gasteiger partial charge in [0.1, 0.15) is 6.26 Å². The lowest BCUT2D eigenvalue weighted by Crippen LogP contribution is -2.01. The molecular weight excluding hydrogens is 260 g/mol. The van der Waals surface area contributed by atoms with Crippen molar-refractivity contribution in [3.05, 3.63) is 27.8 Å². The highest BCUT2D eigenvalue weighted by atomic mass is 79.9. The Morgan fingerprint density at radius 1 is 1.53 bits per heavy atom. The Bertz CT molecular complexity index is 488. The van der Waals surface area contributed by atoms with Gasteiger partial charge in [-0.1, -0.05) is 0 Å². The molecular formula is C9H11BrN4O. The van der Waals surface area contributed by atoms with E-state index in [2.05, 4.69) is 26.0 Å². The van der Waals surface area contributed by atoms with E-state index in [1.165, 1.54) is 0 Å². The van der Waals surface area contributed by atoms with Gasteiger partial charge in [0.05, 0.1) is 21.6 Å². The molecule has 5 nitrogen and oxygen atoms in total. The zero-order chi connectivity index (χ0) is 11.0. The van der Waals surface area contributed by atoms with Crippen LogP contribution >= 0.6 is 15.9 Å². The second-order valence-electron chi connectivity index (χ2n) is 3.22. The Hall–Kier alpha value is -1.14. The molecule has 0 saturated carbocycles. The molecule has 0 aliphatic heterocycles. The summed E-state index contributed by atoms with van der Waals surface area (Å²) in [5.74, 6) is 0. The zero-order valence-corrected chi connectivity index (χ0v) is 10.1. The third-order valence-corrected chi connectivity index (χ3v) is 3.28. The lowest BCUT2D eigenvalue weighted by Gasteiger charge is -1.96. The summed E-state index contributed by atoms with van der Waals surface area (Å²) in [6, 6.07) is 0.446. The molecule has 0 saturated heterocycles. The highest BCUT2D eigenvalue weighted by Gasteiger charge is 2.13. The molecule has 6 heteroatoms. The van der Waals surface area contributed by atoms with Crippen molar-refractivity contribution in [2.45, 2.75) is 20.4 Å². The molecule has 0 atom stereocenters. The van der Waals surface area contributed by atoms with Crippen LogP contribution in [0.5, 0.6) is 0 Å². The first-order valence-electron chi connectivity index (χ1n) is 4.50. The van der Waals surface area contributed by atoms with Crippen molar-refractivity contribution in [2.75, 3.05) is 0 Å². The minimum absolute atomic E-state index is 0.365. The van der Waals surface area contributed by atoms with Crippen LogP contribution in [0.25, 0.3) is 6.01 Å². The van der Waals surface area contributed by atoms with Crippen LogP contribution in [0.15, 0.2) is 15.2 Å². The summed E-state index contributed by atoms with van der Waals surface area (Å²) in [5, 5.41) is 4.30. The lowest BCUT2D eigenvalue weighted by molar-refractivity contribution is 0.504. The molecule has 2 heterocycles. The number of oxazole rings is 1. The van der Waals surface area contributed by atoms with E-state index in [4.69, 9.17) is 10.2 Å². The van der Waals surface area contributed by atoms with Gasteiger partial charge in [0, 0.05) is 6.54 Å². The van der Waals surface area contributed by atoms with Gasteiger partial charge in [-0.25, -0.2) is 0 Å². The van der Waals surface area contributed by atoms with Gasteiger partial charge in [-0.05, 0) is 29.8 Å². The molecule has 0 bridgehead atoms. The third-order valence-electron chi connectivity index (χ3n) is 2.13. The van der Waals surface area contributed by atoms with Crippen LogP contribution in [0.1, 0.15) is 17.1 Å². The van der Waals surface area contributed by atoms with Gasteiger partial charge in [0.15, 0.2) is 0 Å². The van der Waals surface area contributed by atoms with Crippen LogP contribution in [0.4, 0.5) is 0 Å². The van der Waals surface area contributed by atoms with Crippen LogP contribution in [0, 0.1) is 13.8 Å². The zero-order valence-electron chi connectivity index (χ0n) is 8.49. The first-order valence-corrected chi connectivity index (χ1v) is 5.29. The van der Waals surface area contributed by atoms with Gasteiger partial charge in [-0.15, -0.1) is 0 Å². The van der Waals surface area contributed by atoms with E-state index in [9.17, 15) is 0 Å². The summed E-state index contributed by atoms with van der Waals surface area (Å²) in [6.45, 7) is 4.22. The standard InChI is InChI=1S/C9H11BrN4O/c1-5-8(10)6(2)14(13-5)9-12-7(3-11)4-15-9/h4H,3,11H2,1-2H3. The molecule has 2 rings (SSSR count). The number of nitrogens with two attached hydrogens (primary N) is 1. The SMILES string of the molecule is Cc1nn(-c2nc(CN)co2)c(C)c1Br. The smallest absolute Gasteiger partial charge is 0.323 e. The Morgan fingerprint density at radius 3 is 2.73 bits per heavy atom. The first-order chi connectivity index (χ1) is 7.13. The van der Waals surface area contributed by atoms with E-state index in [1.807, 2.05) is 13.8 Å². The number of hydrogen-bond acceptors (Lipinski definition) is 4. The Balaban J connectivity index is 2.49. The fourth-order valence-corrected chi connectivity index (χ4v) is 1.54. The molecule has 2 aromatic heterocycles. The van der Waals surface area contributed by atoms with Crippen molar-refractivity contribution < 1.29 is 4.42 Å². The maximum atomic E-state index is 5.45. The number of halogens is 1. The second kappa shape index (κ2) is 3.79. The predicted octanol–water partition coefficient (Wildman–Crippen LogP) is 1.70. The van der Waals surface area contributed by atoms with E-state index >= 15 is 0 Å². The van der Waals surface area contributed by atoms with Crippen molar-refractivity contribution in [3.8, 4) is 6.01 Å². The Labute approximate surface area is 95.4 Å². The van der Waals surface area contributed by atoms with Crippen LogP contribution in [0.2, 0.25) is 0 Å². The van der Waals surface area contributed by atoms with Gasteiger partial charge in [-0.3, -0.25) is 0 Å². The molecule has 0 radical (unpaired) electrons. The van der Waals surface area contributed by atoms with Crippen molar-refractivity contribution >= 4 is 15.9 Å². The molecule has 0 unspecified atom stereocenters. The summed E-state index contributed by atoms with van der Waals surface area (Å²) < 4.78 is 7.90. The molecule has 0 fully saturated rings. The number of rotatable bonds is 2. The molecule has 0 aromatic carbocycles. The van der Waals surface area contributed by atoms with E-state index in [0.717, 1.165) is 15.9 Å². The molecule has 2 aromatic rings. The molecule has 80 valence electrons. The van der Waals surface area contributed by atoms with Crippen molar-refractivity contribution in [1.29, 1.82) is 0 Å². The minimum Gasteiger partial charge on any atom is -0.430 e. The molecule has 2 N–H and O–H groups in total. The van der Waals surface area contributed by atoms with Gasteiger partial charge in [0.2, 0.25) is 0 Å². The van der Waals surface area contributed by atoms with E-state index in [-0.39, 0.29) is 0 Å². The molecule has 0 aliphatic carbocycles. The van der Waals surface area contributed by atoms with Gasteiger partial charge in [-0.2, -0.15) is 14.8 Å². The molecule has 0 spiro atoms. The van der Waals surface area contributed by atoms with Crippen LogP contribution in [-0.4, -0.2) is 14.8 Å². The monoisotopic (exact) mass is 270 g/mol. The second-order valence-corrected chi connectivity index (χ2v) is 4.02. The Kier molecular flexibility index (Phi) is 2.62. The predicted molar refractivity (Wildman–Crippen MR) is 58.7 cm³/mol. The quantitative estimate of drug-likeness (QED) is 0.902. The van der Waals surface area contributed by atoms with Gasteiger partial charge >= 0.3 is 6.01 Å². The van der Waals surface area contributed by atoms with Crippen molar-refractivity contribution in [1.82, 2.24) is 14.8 Å². The largest absolute Gasteiger partial charge is 0.430 e. The van der Waals surface area contributed by atoms with Crippen LogP contribution in [0.3, 0.4) is 0 Å². The highest BCUT2D eigenvalue weighted by Crippen LogP contribution is 2.22. The summed E-state index contributed by atoms with van der Waals surface area (Å²) in [6.07, 6.45) is 1.54. The Morgan fingerprint density at radius 2 is 2.27 bits per heavy atom. The lowest BCUT2D eigenvalue weighted by atomic mass is 10.4. The number of hydrogen-bond donors (Lipinski definition) is 1. The number of nitrogens with zero attached hydrogens (tertiary/aromatic N) is 3. The minimum atomic E-state index is 0.365. The highest BCUT2D eigenvalue weighted by molar-refractivity contribution is 9.10. The number of aryl methyl sites for hydroxylation is 1. The summed E-state index contributed by atoms with van der Waals surface area (Å²) >= 11 is 3.44. The number of aromatic nitrogens is 3. The summed E-state index contributed by atoms with van der Waals surface area (Å²) in [4.78, 5) is 4.20. The fraction of sp³-hybridized carbons (Fsp3) is 0.333.